The van der Waals surface area contributed by atoms with Gasteiger partial charge in [0.1, 0.15) is 12.1 Å². The van der Waals surface area contributed by atoms with E-state index in [-0.39, 0.29) is 5.97 Å². The minimum absolute atomic E-state index is 0.352. The van der Waals surface area contributed by atoms with Gasteiger partial charge in [0.15, 0.2) is 5.82 Å². The van der Waals surface area contributed by atoms with E-state index >= 15 is 0 Å². The van der Waals surface area contributed by atoms with E-state index < -0.39 is 0 Å². The Bertz CT molecular complexity index is 550. The molecule has 2 aromatic heterocycles. The van der Waals surface area contributed by atoms with E-state index in [4.69, 9.17) is 4.74 Å². The predicted molar refractivity (Wildman–Crippen MR) is 68.5 cm³/mol. The number of nitrogens with zero attached hydrogens (tertiary/aromatic N) is 4. The Labute approximate surface area is 110 Å². The van der Waals surface area contributed by atoms with Crippen LogP contribution in [0.3, 0.4) is 0 Å². The Morgan fingerprint density at radius 2 is 2.32 bits per heavy atom. The summed E-state index contributed by atoms with van der Waals surface area (Å²) in [6.45, 7) is 2.63. The standard InChI is InChI=1S/C12H15N5O2/c1-3-19-12(18)9-4-5-10(13-6-9)14-7-11-16-15-8-17(11)2/h4-6,8H,3,7H2,1-2H3,(H,13,14). The largest absolute Gasteiger partial charge is 0.462 e. The fourth-order valence-corrected chi connectivity index (χ4v) is 1.47. The molecule has 0 aliphatic carbocycles. The molecule has 0 aromatic carbocycles. The molecule has 0 saturated carbocycles. The zero-order valence-corrected chi connectivity index (χ0v) is 10.8. The van der Waals surface area contributed by atoms with E-state index in [9.17, 15) is 4.79 Å². The first-order valence-corrected chi connectivity index (χ1v) is 5.90. The molecule has 0 aliphatic rings. The molecule has 1 N–H and O–H groups in total. The molecule has 0 aliphatic heterocycles. The molecule has 0 spiro atoms. The lowest BCUT2D eigenvalue weighted by Gasteiger charge is -2.06. The number of nitrogens with one attached hydrogen (secondary N) is 1. The van der Waals surface area contributed by atoms with Gasteiger partial charge in [0.25, 0.3) is 0 Å². The third kappa shape index (κ3) is 3.27. The van der Waals surface area contributed by atoms with Gasteiger partial charge in [-0.15, -0.1) is 10.2 Å². The van der Waals surface area contributed by atoms with Gasteiger partial charge in [-0.25, -0.2) is 9.78 Å². The van der Waals surface area contributed by atoms with E-state index in [0.29, 0.717) is 24.5 Å². The number of hydrogen-bond acceptors (Lipinski definition) is 6. The Morgan fingerprint density at radius 3 is 2.89 bits per heavy atom. The van der Waals surface area contributed by atoms with Crippen molar-refractivity contribution in [1.82, 2.24) is 19.7 Å². The molecule has 0 saturated heterocycles. The first kappa shape index (κ1) is 13.0. The van der Waals surface area contributed by atoms with Gasteiger partial charge >= 0.3 is 5.97 Å². The summed E-state index contributed by atoms with van der Waals surface area (Å²) < 4.78 is 6.70. The summed E-state index contributed by atoms with van der Waals surface area (Å²) in [6.07, 6.45) is 3.12. The lowest BCUT2D eigenvalue weighted by atomic mass is 10.3. The average molecular weight is 261 g/mol. The van der Waals surface area contributed by atoms with Gasteiger partial charge in [0.2, 0.25) is 0 Å². The van der Waals surface area contributed by atoms with Crippen molar-refractivity contribution in [2.45, 2.75) is 13.5 Å². The number of carbonyl (C=O) groups excluding carboxylic acids is 1. The number of aryl methyl sites for hydroxylation is 1. The van der Waals surface area contributed by atoms with Crippen LogP contribution in [-0.2, 0) is 18.3 Å². The molecule has 0 fully saturated rings. The first-order chi connectivity index (χ1) is 9.20. The smallest absolute Gasteiger partial charge is 0.339 e. The van der Waals surface area contributed by atoms with E-state index in [1.165, 1.54) is 6.20 Å². The Balaban J connectivity index is 1.95. The highest BCUT2D eigenvalue weighted by molar-refractivity contribution is 5.89. The van der Waals surface area contributed by atoms with Crippen LogP contribution in [0.2, 0.25) is 0 Å². The molecule has 2 aromatic rings. The maximum atomic E-state index is 11.4. The molecule has 2 rings (SSSR count). The molecular formula is C12H15N5O2. The molecule has 0 unspecified atom stereocenters. The second-order valence-electron chi connectivity index (χ2n) is 3.86. The van der Waals surface area contributed by atoms with Crippen molar-refractivity contribution in [2.24, 2.45) is 7.05 Å². The second-order valence-corrected chi connectivity index (χ2v) is 3.86. The molecule has 19 heavy (non-hydrogen) atoms. The Kier molecular flexibility index (Phi) is 4.07. The van der Waals surface area contributed by atoms with Crippen molar-refractivity contribution in [2.75, 3.05) is 11.9 Å². The number of pyridine rings is 1. The third-order valence-electron chi connectivity index (χ3n) is 2.51. The summed E-state index contributed by atoms with van der Waals surface area (Å²) in [7, 11) is 1.87. The number of carbonyl (C=O) groups is 1. The third-order valence-corrected chi connectivity index (χ3v) is 2.51. The van der Waals surface area contributed by atoms with Crippen LogP contribution in [0.5, 0.6) is 0 Å². The summed E-state index contributed by atoms with van der Waals surface area (Å²) in [5, 5.41) is 10.8. The molecule has 100 valence electrons. The van der Waals surface area contributed by atoms with Crippen molar-refractivity contribution in [3.05, 3.63) is 36.0 Å². The van der Waals surface area contributed by atoms with Crippen molar-refractivity contribution >= 4 is 11.8 Å². The topological polar surface area (TPSA) is 81.9 Å². The lowest BCUT2D eigenvalue weighted by molar-refractivity contribution is 0.0526. The minimum atomic E-state index is -0.366. The van der Waals surface area contributed by atoms with Crippen molar-refractivity contribution in [1.29, 1.82) is 0 Å². The normalized spacial score (nSPS) is 10.2. The van der Waals surface area contributed by atoms with E-state index in [0.717, 1.165) is 5.82 Å². The Hall–Kier alpha value is -2.44. The van der Waals surface area contributed by atoms with Crippen LogP contribution < -0.4 is 5.32 Å². The zero-order chi connectivity index (χ0) is 13.7. The fraction of sp³-hybridized carbons (Fsp3) is 0.333. The van der Waals surface area contributed by atoms with E-state index in [1.54, 1.807) is 25.4 Å². The van der Waals surface area contributed by atoms with Crippen LogP contribution in [0.25, 0.3) is 0 Å². The van der Waals surface area contributed by atoms with Crippen LogP contribution in [0.15, 0.2) is 24.7 Å². The lowest BCUT2D eigenvalue weighted by Crippen LogP contribution is -2.08. The predicted octanol–water partition coefficient (Wildman–Crippen LogP) is 0.999. The number of anilines is 1. The van der Waals surface area contributed by atoms with Crippen molar-refractivity contribution < 1.29 is 9.53 Å². The maximum absolute atomic E-state index is 11.4. The van der Waals surface area contributed by atoms with E-state index in [2.05, 4.69) is 20.5 Å². The van der Waals surface area contributed by atoms with Gasteiger partial charge in [-0.3, -0.25) is 0 Å². The quantitative estimate of drug-likeness (QED) is 0.808. The number of hydrogen-bond donors (Lipinski definition) is 1. The molecule has 0 bridgehead atoms. The van der Waals surface area contributed by atoms with Crippen molar-refractivity contribution in [3.63, 3.8) is 0 Å². The van der Waals surface area contributed by atoms with Crippen LogP contribution >= 0.6 is 0 Å². The summed E-state index contributed by atoms with van der Waals surface area (Å²) in [4.78, 5) is 15.6. The molecule has 0 atom stereocenters. The van der Waals surface area contributed by atoms with Crippen molar-refractivity contribution in [3.8, 4) is 0 Å². The summed E-state index contributed by atoms with van der Waals surface area (Å²) >= 11 is 0. The molecule has 0 radical (unpaired) electrons. The summed E-state index contributed by atoms with van der Waals surface area (Å²) in [6, 6.07) is 3.40. The average Bonchev–Trinajstić information content (AvgIpc) is 2.83. The summed E-state index contributed by atoms with van der Waals surface area (Å²) in [5.41, 5.74) is 0.436. The molecular weight excluding hydrogens is 246 g/mol. The fourth-order valence-electron chi connectivity index (χ4n) is 1.47. The molecule has 0 amide bonds. The highest BCUT2D eigenvalue weighted by Crippen LogP contribution is 2.07. The van der Waals surface area contributed by atoms with Crippen LogP contribution in [0.4, 0.5) is 5.82 Å². The van der Waals surface area contributed by atoms with Gasteiger partial charge in [0.05, 0.1) is 18.7 Å². The summed E-state index contributed by atoms with van der Waals surface area (Å²) in [5.74, 6) is 1.10. The number of ether oxygens (including phenoxy) is 1. The zero-order valence-electron chi connectivity index (χ0n) is 10.8. The molecule has 7 nitrogen and oxygen atoms in total. The van der Waals surface area contributed by atoms with E-state index in [1.807, 2.05) is 11.6 Å². The van der Waals surface area contributed by atoms with Gasteiger partial charge in [-0.1, -0.05) is 0 Å². The van der Waals surface area contributed by atoms with Gasteiger partial charge in [-0.2, -0.15) is 0 Å². The van der Waals surface area contributed by atoms with Crippen LogP contribution in [0, 0.1) is 0 Å². The van der Waals surface area contributed by atoms with Crippen LogP contribution in [0.1, 0.15) is 23.1 Å². The highest BCUT2D eigenvalue weighted by atomic mass is 16.5. The maximum Gasteiger partial charge on any atom is 0.339 e. The van der Waals surface area contributed by atoms with Gasteiger partial charge in [-0.05, 0) is 19.1 Å². The molecule has 2 heterocycles. The van der Waals surface area contributed by atoms with Gasteiger partial charge in [0, 0.05) is 13.2 Å². The van der Waals surface area contributed by atoms with Crippen LogP contribution in [-0.4, -0.2) is 32.3 Å². The minimum Gasteiger partial charge on any atom is -0.462 e. The SMILES string of the molecule is CCOC(=O)c1ccc(NCc2nncn2C)nc1. The monoisotopic (exact) mass is 261 g/mol. The highest BCUT2D eigenvalue weighted by Gasteiger charge is 2.07. The first-order valence-electron chi connectivity index (χ1n) is 5.90. The Morgan fingerprint density at radius 1 is 1.47 bits per heavy atom. The second kappa shape index (κ2) is 5.94. The van der Waals surface area contributed by atoms with Gasteiger partial charge < -0.3 is 14.6 Å². The number of esters is 1. The molecule has 7 heteroatoms. The number of rotatable bonds is 5. The number of aromatic nitrogens is 4.